The second-order valence-corrected chi connectivity index (χ2v) is 8.77. The molecule has 142 valence electrons. The van der Waals surface area contributed by atoms with E-state index in [4.69, 9.17) is 11.6 Å². The summed E-state index contributed by atoms with van der Waals surface area (Å²) in [5, 5.41) is 3.57. The molecule has 0 radical (unpaired) electrons. The number of amidine groups is 1. The molecule has 2 aromatic rings. The SMILES string of the molecule is CCCN1C(SCC(=O)Nc2cccc(Cl)c2)=NS(=O)(=O)c2ccccc21. The maximum Gasteiger partial charge on any atom is 0.286 e. The number of hydrogen-bond acceptors (Lipinski definition) is 5. The molecule has 1 N–H and O–H groups in total. The molecule has 6 nitrogen and oxygen atoms in total. The van der Waals surface area contributed by atoms with Crippen LogP contribution < -0.4 is 10.2 Å². The Morgan fingerprint density at radius 3 is 2.74 bits per heavy atom. The van der Waals surface area contributed by atoms with Gasteiger partial charge in [-0.05, 0) is 36.8 Å². The first kappa shape index (κ1) is 19.7. The van der Waals surface area contributed by atoms with E-state index in [1.54, 1.807) is 48.5 Å². The minimum Gasteiger partial charge on any atom is -0.325 e. The lowest BCUT2D eigenvalue weighted by Crippen LogP contribution is -2.35. The van der Waals surface area contributed by atoms with E-state index in [2.05, 4.69) is 9.71 Å². The van der Waals surface area contributed by atoms with Crippen molar-refractivity contribution in [1.82, 2.24) is 0 Å². The minimum atomic E-state index is -3.78. The predicted octanol–water partition coefficient (Wildman–Crippen LogP) is 3.99. The van der Waals surface area contributed by atoms with Crippen LogP contribution in [0.15, 0.2) is 57.8 Å². The molecular formula is C18H18ClN3O3S2. The molecule has 0 bridgehead atoms. The third-order valence-corrected chi connectivity index (χ3v) is 6.39. The number of rotatable bonds is 5. The Morgan fingerprint density at radius 1 is 1.22 bits per heavy atom. The summed E-state index contributed by atoms with van der Waals surface area (Å²) in [4.78, 5) is 14.3. The van der Waals surface area contributed by atoms with Crippen molar-refractivity contribution in [2.24, 2.45) is 4.40 Å². The van der Waals surface area contributed by atoms with E-state index < -0.39 is 10.0 Å². The Morgan fingerprint density at radius 2 is 2.00 bits per heavy atom. The van der Waals surface area contributed by atoms with Crippen LogP contribution in [0.3, 0.4) is 0 Å². The van der Waals surface area contributed by atoms with E-state index in [-0.39, 0.29) is 16.6 Å². The number of hydrogen-bond donors (Lipinski definition) is 1. The number of carbonyl (C=O) groups is 1. The number of halogens is 1. The van der Waals surface area contributed by atoms with Gasteiger partial charge in [-0.3, -0.25) is 4.79 Å². The van der Waals surface area contributed by atoms with Crippen LogP contribution in [0, 0.1) is 0 Å². The smallest absolute Gasteiger partial charge is 0.286 e. The van der Waals surface area contributed by atoms with Gasteiger partial charge in [-0.2, -0.15) is 8.42 Å². The Hall–Kier alpha value is -2.03. The van der Waals surface area contributed by atoms with Gasteiger partial charge < -0.3 is 10.2 Å². The summed E-state index contributed by atoms with van der Waals surface area (Å²) in [5.41, 5.74) is 1.18. The first-order valence-corrected chi connectivity index (χ1v) is 11.1. The van der Waals surface area contributed by atoms with Crippen molar-refractivity contribution >= 4 is 55.8 Å². The first-order valence-electron chi connectivity index (χ1n) is 8.30. The van der Waals surface area contributed by atoms with Crippen molar-refractivity contribution < 1.29 is 13.2 Å². The van der Waals surface area contributed by atoms with Crippen LogP contribution in [-0.4, -0.2) is 31.8 Å². The van der Waals surface area contributed by atoms with Gasteiger partial charge in [-0.25, -0.2) is 0 Å². The van der Waals surface area contributed by atoms with E-state index in [9.17, 15) is 13.2 Å². The molecule has 1 aliphatic rings. The fourth-order valence-corrected chi connectivity index (χ4v) is 5.11. The molecule has 0 fully saturated rings. The number of thioether (sulfide) groups is 1. The number of nitrogens with one attached hydrogen (secondary N) is 1. The van der Waals surface area contributed by atoms with E-state index in [0.717, 1.165) is 18.2 Å². The van der Waals surface area contributed by atoms with Gasteiger partial charge in [0.25, 0.3) is 10.0 Å². The van der Waals surface area contributed by atoms with E-state index >= 15 is 0 Å². The zero-order valence-electron chi connectivity index (χ0n) is 14.6. The van der Waals surface area contributed by atoms with Crippen LogP contribution in [0.4, 0.5) is 11.4 Å². The molecule has 0 unspecified atom stereocenters. The van der Waals surface area contributed by atoms with Crippen LogP contribution in [0.1, 0.15) is 13.3 Å². The summed E-state index contributed by atoms with van der Waals surface area (Å²) >= 11 is 7.01. The van der Waals surface area contributed by atoms with Gasteiger partial charge in [0.2, 0.25) is 5.91 Å². The van der Waals surface area contributed by atoms with Crippen LogP contribution in [0.2, 0.25) is 5.02 Å². The van der Waals surface area contributed by atoms with E-state index in [1.807, 2.05) is 11.8 Å². The lowest BCUT2D eigenvalue weighted by atomic mass is 10.3. The number of benzene rings is 2. The average molecular weight is 424 g/mol. The highest BCUT2D eigenvalue weighted by molar-refractivity contribution is 8.15. The van der Waals surface area contributed by atoms with Crippen molar-refractivity contribution in [2.75, 3.05) is 22.5 Å². The molecule has 0 saturated carbocycles. The zero-order chi connectivity index (χ0) is 19.4. The van der Waals surface area contributed by atoms with Gasteiger partial charge in [0, 0.05) is 17.3 Å². The van der Waals surface area contributed by atoms with Crippen LogP contribution in [-0.2, 0) is 14.8 Å². The normalized spacial score (nSPS) is 15.0. The fourth-order valence-electron chi connectivity index (χ4n) is 2.64. The van der Waals surface area contributed by atoms with Crippen molar-refractivity contribution in [1.29, 1.82) is 0 Å². The molecule has 0 aliphatic carbocycles. The Bertz CT molecular complexity index is 993. The number of amides is 1. The lowest BCUT2D eigenvalue weighted by Gasteiger charge is -2.29. The maximum atomic E-state index is 12.5. The molecular weight excluding hydrogens is 406 g/mol. The molecule has 1 amide bonds. The Labute approximate surface area is 167 Å². The van der Waals surface area contributed by atoms with E-state index in [1.165, 1.54) is 0 Å². The molecule has 0 aromatic heterocycles. The molecule has 1 aliphatic heterocycles. The molecule has 0 spiro atoms. The second kappa shape index (κ2) is 8.33. The molecule has 3 rings (SSSR count). The number of para-hydroxylation sites is 1. The van der Waals surface area contributed by atoms with Gasteiger partial charge in [0.15, 0.2) is 5.17 Å². The average Bonchev–Trinajstić information content (AvgIpc) is 2.63. The minimum absolute atomic E-state index is 0.0310. The quantitative estimate of drug-likeness (QED) is 0.786. The Balaban J connectivity index is 1.77. The first-order chi connectivity index (χ1) is 12.9. The van der Waals surface area contributed by atoms with Gasteiger partial charge in [-0.15, -0.1) is 4.40 Å². The topological polar surface area (TPSA) is 78.8 Å². The van der Waals surface area contributed by atoms with Gasteiger partial charge in [0.1, 0.15) is 4.90 Å². The van der Waals surface area contributed by atoms with Crippen LogP contribution in [0.5, 0.6) is 0 Å². The third kappa shape index (κ3) is 4.63. The van der Waals surface area contributed by atoms with E-state index in [0.29, 0.717) is 28.1 Å². The Kier molecular flexibility index (Phi) is 6.08. The van der Waals surface area contributed by atoms with Crippen molar-refractivity contribution in [3.05, 3.63) is 53.6 Å². The molecule has 9 heteroatoms. The summed E-state index contributed by atoms with van der Waals surface area (Å²) in [6.45, 7) is 2.61. The van der Waals surface area contributed by atoms with Gasteiger partial charge >= 0.3 is 0 Å². The number of nitrogens with zero attached hydrogens (tertiary/aromatic N) is 2. The maximum absolute atomic E-state index is 12.5. The number of carbonyl (C=O) groups excluding carboxylic acids is 1. The van der Waals surface area contributed by atoms with Crippen LogP contribution >= 0.6 is 23.4 Å². The van der Waals surface area contributed by atoms with Gasteiger partial charge in [0.05, 0.1) is 11.4 Å². The third-order valence-electron chi connectivity index (χ3n) is 3.75. The lowest BCUT2D eigenvalue weighted by molar-refractivity contribution is -0.113. The summed E-state index contributed by atoms with van der Waals surface area (Å²) < 4.78 is 28.9. The highest BCUT2D eigenvalue weighted by Crippen LogP contribution is 2.34. The molecule has 2 aromatic carbocycles. The number of sulfonamides is 1. The van der Waals surface area contributed by atoms with Gasteiger partial charge in [-0.1, -0.05) is 48.5 Å². The zero-order valence-corrected chi connectivity index (χ0v) is 16.9. The van der Waals surface area contributed by atoms with Crippen LogP contribution in [0.25, 0.3) is 0 Å². The van der Waals surface area contributed by atoms with Crippen molar-refractivity contribution in [2.45, 2.75) is 18.2 Å². The summed E-state index contributed by atoms with van der Waals surface area (Å²) in [6, 6.07) is 13.6. The molecule has 0 saturated heterocycles. The van der Waals surface area contributed by atoms with Crippen molar-refractivity contribution in [3.8, 4) is 0 Å². The predicted molar refractivity (Wildman–Crippen MR) is 111 cm³/mol. The highest BCUT2D eigenvalue weighted by Gasteiger charge is 2.30. The second-order valence-electron chi connectivity index (χ2n) is 5.82. The number of fused-ring (bicyclic) bond motifs is 1. The van der Waals surface area contributed by atoms with Crippen molar-refractivity contribution in [3.63, 3.8) is 0 Å². The summed E-state index contributed by atoms with van der Waals surface area (Å²) in [5.74, 6) is -0.235. The largest absolute Gasteiger partial charge is 0.325 e. The molecule has 1 heterocycles. The monoisotopic (exact) mass is 423 g/mol. The highest BCUT2D eigenvalue weighted by atomic mass is 35.5. The molecule has 27 heavy (non-hydrogen) atoms. The molecule has 0 atom stereocenters. The standard InChI is InChI=1S/C18H18ClN3O3S2/c1-2-10-22-15-8-3-4-9-16(15)27(24,25)21-18(22)26-12-17(23)20-14-7-5-6-13(19)11-14/h3-9,11H,2,10,12H2,1H3,(H,20,23). The fraction of sp³-hybridized carbons (Fsp3) is 0.222. The summed E-state index contributed by atoms with van der Waals surface area (Å²) in [6.07, 6.45) is 0.808. The summed E-state index contributed by atoms with van der Waals surface area (Å²) in [7, 11) is -3.78. The number of anilines is 2.